The molecule has 0 radical (unpaired) electrons. The molecule has 6 heteroatoms. The van der Waals surface area contributed by atoms with Crippen LogP contribution < -0.4 is 21.1 Å². The van der Waals surface area contributed by atoms with Crippen molar-refractivity contribution in [3.8, 4) is 17.6 Å². The van der Waals surface area contributed by atoms with E-state index in [0.29, 0.717) is 13.0 Å². The van der Waals surface area contributed by atoms with Gasteiger partial charge in [0.15, 0.2) is 0 Å². The van der Waals surface area contributed by atoms with Gasteiger partial charge in [0.2, 0.25) is 5.91 Å². The molecule has 0 unspecified atom stereocenters. The molecule has 1 aromatic rings. The third-order valence-corrected chi connectivity index (χ3v) is 4.21. The Hall–Kier alpha value is -2.07. The molecule has 1 aliphatic rings. The Morgan fingerprint density at radius 2 is 2.23 bits per heavy atom. The van der Waals surface area contributed by atoms with E-state index in [4.69, 9.17) is 15.6 Å². The molecular formula is C20H29N3O3. The summed E-state index contributed by atoms with van der Waals surface area (Å²) in [6.07, 6.45) is 4.07. The summed E-state index contributed by atoms with van der Waals surface area (Å²) in [5.74, 6) is 6.91. The molecule has 1 heterocycles. The van der Waals surface area contributed by atoms with Crippen LogP contribution in [0.15, 0.2) is 24.3 Å². The Bertz CT molecular complexity index is 618. The van der Waals surface area contributed by atoms with Crippen LogP contribution in [0.4, 0.5) is 0 Å². The van der Waals surface area contributed by atoms with E-state index in [2.05, 4.69) is 22.5 Å². The number of amides is 1. The van der Waals surface area contributed by atoms with Gasteiger partial charge in [0, 0.05) is 25.1 Å². The number of hydrogen-bond donors (Lipinski definition) is 4. The molecule has 1 saturated heterocycles. The predicted molar refractivity (Wildman–Crippen MR) is 102 cm³/mol. The summed E-state index contributed by atoms with van der Waals surface area (Å²) in [6, 6.07) is 7.23. The standard InChI is InChI=1S/C20H29N3O3/c21-19(10-14-24)20(25)23-11-3-1-2-5-16-6-4-7-18(15-16)26-17-8-12-22-13-9-17/h4,6-7,15,17,19,22,24H,1,3,8-14,21H2,(H,23,25)/t19-/m0/s1. The van der Waals surface area contributed by atoms with Gasteiger partial charge in [-0.05, 0) is 57.0 Å². The molecule has 5 N–H and O–H groups in total. The van der Waals surface area contributed by atoms with Crippen LogP contribution in [0.1, 0.15) is 37.7 Å². The van der Waals surface area contributed by atoms with Crippen molar-refractivity contribution in [1.82, 2.24) is 10.6 Å². The highest BCUT2D eigenvalue weighted by Gasteiger charge is 2.14. The van der Waals surface area contributed by atoms with E-state index in [1.165, 1.54) is 0 Å². The maximum absolute atomic E-state index is 11.6. The van der Waals surface area contributed by atoms with Crippen molar-refractivity contribution >= 4 is 5.91 Å². The number of carbonyl (C=O) groups is 1. The third kappa shape index (κ3) is 7.44. The van der Waals surface area contributed by atoms with Crippen molar-refractivity contribution < 1.29 is 14.6 Å². The summed E-state index contributed by atoms with van der Waals surface area (Å²) in [5, 5.41) is 14.8. The molecule has 142 valence electrons. The van der Waals surface area contributed by atoms with Crippen LogP contribution in [0.2, 0.25) is 0 Å². The predicted octanol–water partition coefficient (Wildman–Crippen LogP) is 0.775. The maximum Gasteiger partial charge on any atom is 0.237 e. The van der Waals surface area contributed by atoms with Crippen LogP contribution in [-0.2, 0) is 4.79 Å². The molecule has 1 fully saturated rings. The van der Waals surface area contributed by atoms with Crippen LogP contribution in [0.3, 0.4) is 0 Å². The van der Waals surface area contributed by atoms with Gasteiger partial charge in [-0.3, -0.25) is 4.79 Å². The van der Waals surface area contributed by atoms with Gasteiger partial charge in [-0.2, -0.15) is 0 Å². The van der Waals surface area contributed by atoms with E-state index >= 15 is 0 Å². The average molecular weight is 359 g/mol. The summed E-state index contributed by atoms with van der Waals surface area (Å²) in [7, 11) is 0. The van der Waals surface area contributed by atoms with E-state index < -0.39 is 6.04 Å². The summed E-state index contributed by atoms with van der Waals surface area (Å²) < 4.78 is 6.02. The average Bonchev–Trinajstić information content (AvgIpc) is 2.65. The van der Waals surface area contributed by atoms with E-state index in [1.54, 1.807) is 0 Å². The van der Waals surface area contributed by atoms with E-state index in [0.717, 1.165) is 43.7 Å². The summed E-state index contributed by atoms with van der Waals surface area (Å²) in [4.78, 5) is 11.6. The Morgan fingerprint density at radius 1 is 1.42 bits per heavy atom. The van der Waals surface area contributed by atoms with Gasteiger partial charge in [-0.15, -0.1) is 0 Å². The number of piperidine rings is 1. The number of unbranched alkanes of at least 4 members (excludes halogenated alkanes) is 1. The minimum atomic E-state index is -0.645. The molecule has 1 atom stereocenters. The highest BCUT2D eigenvalue weighted by Crippen LogP contribution is 2.17. The number of rotatable bonds is 8. The highest BCUT2D eigenvalue weighted by molar-refractivity contribution is 5.81. The topological polar surface area (TPSA) is 96.6 Å². The molecule has 1 amide bonds. The number of carbonyl (C=O) groups excluding carboxylic acids is 1. The number of hydrogen-bond acceptors (Lipinski definition) is 5. The summed E-state index contributed by atoms with van der Waals surface area (Å²) in [5.41, 5.74) is 6.55. The Morgan fingerprint density at radius 3 is 3.00 bits per heavy atom. The molecule has 26 heavy (non-hydrogen) atoms. The lowest BCUT2D eigenvalue weighted by Crippen LogP contribution is -2.41. The minimum Gasteiger partial charge on any atom is -0.490 e. The Kier molecular flexibility index (Phi) is 8.98. The quantitative estimate of drug-likeness (QED) is 0.406. The van der Waals surface area contributed by atoms with Gasteiger partial charge >= 0.3 is 0 Å². The lowest BCUT2D eigenvalue weighted by Gasteiger charge is -2.23. The van der Waals surface area contributed by atoms with Crippen LogP contribution in [0, 0.1) is 11.8 Å². The summed E-state index contributed by atoms with van der Waals surface area (Å²) >= 11 is 0. The van der Waals surface area contributed by atoms with Crippen LogP contribution >= 0.6 is 0 Å². The van der Waals surface area contributed by atoms with Crippen molar-refractivity contribution in [2.45, 2.75) is 44.2 Å². The first-order valence-electron chi connectivity index (χ1n) is 9.29. The monoisotopic (exact) mass is 359 g/mol. The SMILES string of the molecule is N[C@@H](CCO)C(=O)NCCCC#Cc1cccc(OC2CCNCC2)c1. The van der Waals surface area contributed by atoms with E-state index in [9.17, 15) is 4.79 Å². The lowest BCUT2D eigenvalue weighted by molar-refractivity contribution is -0.122. The Balaban J connectivity index is 1.70. The smallest absolute Gasteiger partial charge is 0.237 e. The van der Waals surface area contributed by atoms with Crippen molar-refractivity contribution in [2.75, 3.05) is 26.2 Å². The number of aliphatic hydroxyl groups is 1. The first-order chi connectivity index (χ1) is 12.7. The zero-order valence-electron chi connectivity index (χ0n) is 15.2. The minimum absolute atomic E-state index is 0.0829. The van der Waals surface area contributed by atoms with Crippen LogP contribution in [-0.4, -0.2) is 49.4 Å². The molecule has 0 bridgehead atoms. The van der Waals surface area contributed by atoms with Gasteiger partial charge < -0.3 is 26.2 Å². The highest BCUT2D eigenvalue weighted by atomic mass is 16.5. The second-order valence-corrected chi connectivity index (χ2v) is 6.41. The van der Waals surface area contributed by atoms with E-state index in [1.807, 2.05) is 24.3 Å². The normalized spacial score (nSPS) is 15.6. The lowest BCUT2D eigenvalue weighted by atomic mass is 10.1. The molecule has 0 spiro atoms. The molecule has 1 aliphatic heterocycles. The zero-order valence-corrected chi connectivity index (χ0v) is 15.2. The van der Waals surface area contributed by atoms with Crippen LogP contribution in [0.5, 0.6) is 5.75 Å². The fraction of sp³-hybridized carbons (Fsp3) is 0.550. The first-order valence-corrected chi connectivity index (χ1v) is 9.29. The van der Waals surface area contributed by atoms with Gasteiger partial charge in [-0.1, -0.05) is 17.9 Å². The number of nitrogens with one attached hydrogen (secondary N) is 2. The molecular weight excluding hydrogens is 330 g/mol. The second kappa shape index (κ2) is 11.5. The molecule has 1 aromatic carbocycles. The molecule has 0 aromatic heterocycles. The van der Waals surface area contributed by atoms with Crippen molar-refractivity contribution in [3.63, 3.8) is 0 Å². The fourth-order valence-electron chi connectivity index (χ4n) is 2.71. The number of ether oxygens (including phenoxy) is 1. The fourth-order valence-corrected chi connectivity index (χ4v) is 2.71. The van der Waals surface area contributed by atoms with Crippen molar-refractivity contribution in [1.29, 1.82) is 0 Å². The van der Waals surface area contributed by atoms with Gasteiger partial charge in [0.05, 0.1) is 6.04 Å². The first kappa shape index (κ1) is 20.2. The van der Waals surface area contributed by atoms with Crippen molar-refractivity contribution in [2.24, 2.45) is 5.73 Å². The maximum atomic E-state index is 11.6. The number of benzene rings is 1. The van der Waals surface area contributed by atoms with E-state index in [-0.39, 0.29) is 25.0 Å². The Labute approximate surface area is 155 Å². The number of aliphatic hydroxyl groups excluding tert-OH is 1. The molecule has 2 rings (SSSR count). The largest absolute Gasteiger partial charge is 0.490 e. The molecule has 0 aliphatic carbocycles. The third-order valence-electron chi connectivity index (χ3n) is 4.21. The van der Waals surface area contributed by atoms with Crippen LogP contribution in [0.25, 0.3) is 0 Å². The summed E-state index contributed by atoms with van der Waals surface area (Å²) in [6.45, 7) is 2.46. The van der Waals surface area contributed by atoms with Gasteiger partial charge in [0.25, 0.3) is 0 Å². The molecule has 0 saturated carbocycles. The van der Waals surface area contributed by atoms with Gasteiger partial charge in [-0.25, -0.2) is 0 Å². The molecule has 6 nitrogen and oxygen atoms in total. The van der Waals surface area contributed by atoms with Gasteiger partial charge in [0.1, 0.15) is 11.9 Å². The second-order valence-electron chi connectivity index (χ2n) is 6.41. The zero-order chi connectivity index (χ0) is 18.6. The van der Waals surface area contributed by atoms with Crippen molar-refractivity contribution in [3.05, 3.63) is 29.8 Å². The number of nitrogens with two attached hydrogens (primary N) is 1.